The molecule has 0 amide bonds. The Labute approximate surface area is 123 Å². The second-order valence-corrected chi connectivity index (χ2v) is 6.51. The fourth-order valence-corrected chi connectivity index (χ4v) is 3.28. The van der Waals surface area contributed by atoms with Crippen molar-refractivity contribution < 1.29 is 0 Å². The molecule has 0 aromatic rings. The molecule has 0 fully saturated rings. The Hall–Kier alpha value is 0. The minimum Gasteiger partial charge on any atom is -0.0654 e. The Morgan fingerprint density at radius 1 is 0.526 bits per heavy atom. The minimum atomic E-state index is 1.01. The maximum Gasteiger partial charge on any atom is -0.0412 e. The van der Waals surface area contributed by atoms with E-state index in [4.69, 9.17) is 0 Å². The lowest BCUT2D eigenvalue weighted by Crippen LogP contribution is -2.09. The second kappa shape index (κ2) is 14.4. The van der Waals surface area contributed by atoms with E-state index in [1.165, 1.54) is 83.5 Å². The Morgan fingerprint density at radius 3 is 1.74 bits per heavy atom. The molecule has 0 N–H and O–H groups in total. The zero-order valence-electron chi connectivity index (χ0n) is 14.3. The molecule has 0 radical (unpaired) electrons. The first-order valence-corrected chi connectivity index (χ1v) is 9.28. The molecule has 0 aromatic carbocycles. The summed E-state index contributed by atoms with van der Waals surface area (Å²) in [7, 11) is 0. The van der Waals surface area contributed by atoms with Crippen molar-refractivity contribution in [2.75, 3.05) is 0 Å². The van der Waals surface area contributed by atoms with Crippen LogP contribution < -0.4 is 0 Å². The summed E-state index contributed by atoms with van der Waals surface area (Å²) < 4.78 is 0. The third kappa shape index (κ3) is 11.5. The molecular weight excluding hydrogens is 228 g/mol. The van der Waals surface area contributed by atoms with E-state index in [2.05, 4.69) is 27.7 Å². The maximum atomic E-state index is 2.40. The number of rotatable bonds is 14. The predicted octanol–water partition coefficient (Wildman–Crippen LogP) is 7.37. The summed E-state index contributed by atoms with van der Waals surface area (Å²) in [5.41, 5.74) is 0. The highest BCUT2D eigenvalue weighted by atomic mass is 14.2. The van der Waals surface area contributed by atoms with Crippen molar-refractivity contribution in [3.8, 4) is 0 Å². The van der Waals surface area contributed by atoms with Crippen molar-refractivity contribution in [2.24, 2.45) is 11.8 Å². The molecule has 0 aliphatic heterocycles. The van der Waals surface area contributed by atoms with Gasteiger partial charge in [0, 0.05) is 0 Å². The summed E-state index contributed by atoms with van der Waals surface area (Å²) >= 11 is 0. The molecule has 0 bridgehead atoms. The Kier molecular flexibility index (Phi) is 14.4. The van der Waals surface area contributed by atoms with Crippen LogP contribution >= 0.6 is 0 Å². The van der Waals surface area contributed by atoms with Crippen LogP contribution in [-0.4, -0.2) is 0 Å². The standard InChI is InChI=1S/C19H40/c1-5-9-11-12-13-16-18(8-4)17-19(14-7-3)15-10-6-2/h18-19H,5-17H2,1-4H3. The average molecular weight is 269 g/mol. The van der Waals surface area contributed by atoms with Gasteiger partial charge >= 0.3 is 0 Å². The van der Waals surface area contributed by atoms with Crippen LogP contribution in [0.4, 0.5) is 0 Å². The first kappa shape index (κ1) is 19.0. The van der Waals surface area contributed by atoms with Gasteiger partial charge in [-0.15, -0.1) is 0 Å². The SMILES string of the molecule is CCCCCCCC(CC)CC(CCC)CCCC. The molecular formula is C19H40. The largest absolute Gasteiger partial charge is 0.0654 e. The third-order valence-corrected chi connectivity index (χ3v) is 4.62. The van der Waals surface area contributed by atoms with Crippen molar-refractivity contribution in [1.82, 2.24) is 0 Å². The van der Waals surface area contributed by atoms with Gasteiger partial charge < -0.3 is 0 Å². The zero-order chi connectivity index (χ0) is 14.3. The van der Waals surface area contributed by atoms with Gasteiger partial charge in [0.05, 0.1) is 0 Å². The van der Waals surface area contributed by atoms with Gasteiger partial charge in [-0.1, -0.05) is 105 Å². The molecule has 0 saturated carbocycles. The average Bonchev–Trinajstić information content (AvgIpc) is 2.43. The fraction of sp³-hybridized carbons (Fsp3) is 1.00. The van der Waals surface area contributed by atoms with E-state index in [0.29, 0.717) is 0 Å². The highest BCUT2D eigenvalue weighted by Gasteiger charge is 2.14. The molecule has 116 valence electrons. The van der Waals surface area contributed by atoms with Gasteiger partial charge in [-0.25, -0.2) is 0 Å². The van der Waals surface area contributed by atoms with Crippen LogP contribution in [0.1, 0.15) is 111 Å². The quantitative estimate of drug-likeness (QED) is 0.288. The van der Waals surface area contributed by atoms with Gasteiger partial charge in [0.1, 0.15) is 0 Å². The molecule has 0 aliphatic carbocycles. The molecule has 2 atom stereocenters. The summed E-state index contributed by atoms with van der Waals surface area (Å²) in [6, 6.07) is 0. The van der Waals surface area contributed by atoms with E-state index >= 15 is 0 Å². The van der Waals surface area contributed by atoms with E-state index in [1.807, 2.05) is 0 Å². The van der Waals surface area contributed by atoms with Gasteiger partial charge in [0.15, 0.2) is 0 Å². The Balaban J connectivity index is 3.83. The Bertz CT molecular complexity index is 161. The normalized spacial score (nSPS) is 14.5. The highest BCUT2D eigenvalue weighted by molar-refractivity contribution is 4.66. The number of hydrogen-bond donors (Lipinski definition) is 0. The van der Waals surface area contributed by atoms with Crippen LogP contribution in [0.2, 0.25) is 0 Å². The molecule has 0 aromatic heterocycles. The van der Waals surface area contributed by atoms with E-state index in [9.17, 15) is 0 Å². The van der Waals surface area contributed by atoms with Crippen molar-refractivity contribution >= 4 is 0 Å². The molecule has 0 spiro atoms. The molecule has 0 aliphatic rings. The van der Waals surface area contributed by atoms with Crippen LogP contribution in [0.25, 0.3) is 0 Å². The Morgan fingerprint density at radius 2 is 1.16 bits per heavy atom. The zero-order valence-corrected chi connectivity index (χ0v) is 14.3. The predicted molar refractivity (Wildman–Crippen MR) is 89.7 cm³/mol. The van der Waals surface area contributed by atoms with Gasteiger partial charge in [-0.05, 0) is 18.3 Å². The second-order valence-electron chi connectivity index (χ2n) is 6.51. The van der Waals surface area contributed by atoms with E-state index < -0.39 is 0 Å². The van der Waals surface area contributed by atoms with Crippen molar-refractivity contribution in [3.05, 3.63) is 0 Å². The van der Waals surface area contributed by atoms with Crippen molar-refractivity contribution in [3.63, 3.8) is 0 Å². The summed E-state index contributed by atoms with van der Waals surface area (Å²) in [4.78, 5) is 0. The minimum absolute atomic E-state index is 1.01. The fourth-order valence-electron chi connectivity index (χ4n) is 3.28. The van der Waals surface area contributed by atoms with E-state index in [0.717, 1.165) is 11.8 Å². The highest BCUT2D eigenvalue weighted by Crippen LogP contribution is 2.28. The lowest BCUT2D eigenvalue weighted by molar-refractivity contribution is 0.301. The summed E-state index contributed by atoms with van der Waals surface area (Å²) in [5.74, 6) is 2.03. The van der Waals surface area contributed by atoms with Gasteiger partial charge in [0.25, 0.3) is 0 Å². The number of hydrogen-bond acceptors (Lipinski definition) is 0. The van der Waals surface area contributed by atoms with Crippen molar-refractivity contribution in [1.29, 1.82) is 0 Å². The van der Waals surface area contributed by atoms with Gasteiger partial charge in [-0.3, -0.25) is 0 Å². The van der Waals surface area contributed by atoms with Crippen LogP contribution in [0, 0.1) is 11.8 Å². The third-order valence-electron chi connectivity index (χ3n) is 4.62. The van der Waals surface area contributed by atoms with Crippen LogP contribution in [0.3, 0.4) is 0 Å². The molecule has 19 heavy (non-hydrogen) atoms. The van der Waals surface area contributed by atoms with Gasteiger partial charge in [-0.2, -0.15) is 0 Å². The smallest absolute Gasteiger partial charge is 0.0412 e. The van der Waals surface area contributed by atoms with Crippen molar-refractivity contribution in [2.45, 2.75) is 111 Å². The summed E-state index contributed by atoms with van der Waals surface area (Å²) in [6.45, 7) is 9.39. The number of unbranched alkanes of at least 4 members (excludes halogenated alkanes) is 5. The molecule has 2 unspecified atom stereocenters. The molecule has 0 nitrogen and oxygen atoms in total. The van der Waals surface area contributed by atoms with Crippen LogP contribution in [-0.2, 0) is 0 Å². The van der Waals surface area contributed by atoms with Crippen LogP contribution in [0.15, 0.2) is 0 Å². The monoisotopic (exact) mass is 268 g/mol. The topological polar surface area (TPSA) is 0 Å². The van der Waals surface area contributed by atoms with Crippen LogP contribution in [0.5, 0.6) is 0 Å². The summed E-state index contributed by atoms with van der Waals surface area (Å²) in [5, 5.41) is 0. The lowest BCUT2D eigenvalue weighted by atomic mass is 9.84. The summed E-state index contributed by atoms with van der Waals surface area (Å²) in [6.07, 6.45) is 18.8. The van der Waals surface area contributed by atoms with E-state index in [-0.39, 0.29) is 0 Å². The first-order chi connectivity index (χ1) is 9.28. The molecule has 0 rings (SSSR count). The van der Waals surface area contributed by atoms with E-state index in [1.54, 1.807) is 0 Å². The molecule has 0 heterocycles. The molecule has 0 saturated heterocycles. The first-order valence-electron chi connectivity index (χ1n) is 9.28. The lowest BCUT2D eigenvalue weighted by Gasteiger charge is -2.22. The maximum absolute atomic E-state index is 2.40. The van der Waals surface area contributed by atoms with Gasteiger partial charge in [0.2, 0.25) is 0 Å². The molecule has 0 heteroatoms.